The molecule has 102 valence electrons. The molecule has 1 heterocycles. The van der Waals surface area contributed by atoms with E-state index in [9.17, 15) is 9.90 Å². The molecule has 1 saturated carbocycles. The van der Waals surface area contributed by atoms with Gasteiger partial charge in [0.05, 0.1) is 5.41 Å². The Bertz CT molecular complexity index is 514. The molecule has 1 saturated heterocycles. The van der Waals surface area contributed by atoms with Crippen molar-refractivity contribution in [3.63, 3.8) is 0 Å². The standard InChI is InChI=1S/C15H18O4/c1-13-10-14(2,11-6-4-3-5-7-11)18-19-15(13,17)9-8-12(13)16/h3-7,17H,8-10H2,1-2H3/t13-,14-,15+/m1/s1. The molecule has 4 nitrogen and oxygen atoms in total. The Morgan fingerprint density at radius 2 is 1.84 bits per heavy atom. The summed E-state index contributed by atoms with van der Waals surface area (Å²) in [5.74, 6) is -1.45. The lowest BCUT2D eigenvalue weighted by molar-refractivity contribution is -0.508. The molecule has 0 amide bonds. The highest BCUT2D eigenvalue weighted by Crippen LogP contribution is 2.55. The third-order valence-electron chi connectivity index (χ3n) is 4.61. The normalized spacial score (nSPS) is 42.2. The Hall–Kier alpha value is -1.23. The van der Waals surface area contributed by atoms with Gasteiger partial charge < -0.3 is 5.11 Å². The molecule has 1 aliphatic carbocycles. The van der Waals surface area contributed by atoms with Crippen molar-refractivity contribution in [1.29, 1.82) is 0 Å². The summed E-state index contributed by atoms with van der Waals surface area (Å²) in [6.45, 7) is 3.66. The summed E-state index contributed by atoms with van der Waals surface area (Å²) in [5.41, 5.74) is -0.684. The van der Waals surface area contributed by atoms with Crippen molar-refractivity contribution < 1.29 is 19.7 Å². The van der Waals surface area contributed by atoms with Gasteiger partial charge in [-0.15, -0.1) is 0 Å². The van der Waals surface area contributed by atoms with Crippen molar-refractivity contribution in [3.05, 3.63) is 35.9 Å². The summed E-state index contributed by atoms with van der Waals surface area (Å²) >= 11 is 0. The lowest BCUT2D eigenvalue weighted by Crippen LogP contribution is -2.56. The van der Waals surface area contributed by atoms with E-state index in [-0.39, 0.29) is 5.78 Å². The van der Waals surface area contributed by atoms with Gasteiger partial charge in [-0.1, -0.05) is 30.3 Å². The van der Waals surface area contributed by atoms with Crippen LogP contribution in [0.1, 0.15) is 38.7 Å². The predicted octanol–water partition coefficient (Wildman–Crippen LogP) is 2.31. The third kappa shape index (κ3) is 1.67. The van der Waals surface area contributed by atoms with Gasteiger partial charge in [-0.25, -0.2) is 4.89 Å². The van der Waals surface area contributed by atoms with Gasteiger partial charge in [-0.05, 0) is 19.4 Å². The summed E-state index contributed by atoms with van der Waals surface area (Å²) in [6, 6.07) is 9.65. The van der Waals surface area contributed by atoms with Crippen molar-refractivity contribution in [2.45, 2.75) is 44.5 Å². The second-order valence-corrected chi connectivity index (χ2v) is 5.98. The van der Waals surface area contributed by atoms with Crippen LogP contribution in [0.5, 0.6) is 0 Å². The molecule has 2 aliphatic rings. The van der Waals surface area contributed by atoms with Crippen molar-refractivity contribution >= 4 is 5.78 Å². The number of Topliss-reactive ketones (excluding diaryl/α,β-unsaturated/α-hetero) is 1. The summed E-state index contributed by atoms with van der Waals surface area (Å²) in [4.78, 5) is 22.9. The zero-order valence-electron chi connectivity index (χ0n) is 11.2. The smallest absolute Gasteiger partial charge is 0.212 e. The Kier molecular flexibility index (Phi) is 2.61. The van der Waals surface area contributed by atoms with Crippen LogP contribution in [-0.4, -0.2) is 16.7 Å². The van der Waals surface area contributed by atoms with Gasteiger partial charge in [0, 0.05) is 19.3 Å². The van der Waals surface area contributed by atoms with Crippen LogP contribution < -0.4 is 0 Å². The second kappa shape index (κ2) is 3.88. The van der Waals surface area contributed by atoms with Crippen LogP contribution in [0, 0.1) is 5.41 Å². The minimum atomic E-state index is -1.49. The van der Waals surface area contributed by atoms with Gasteiger partial charge in [0.25, 0.3) is 0 Å². The predicted molar refractivity (Wildman–Crippen MR) is 67.9 cm³/mol. The molecule has 1 aliphatic heterocycles. The average Bonchev–Trinajstić information content (AvgIpc) is 2.64. The van der Waals surface area contributed by atoms with Gasteiger partial charge in [-0.3, -0.25) is 4.79 Å². The minimum Gasteiger partial charge on any atom is -0.362 e. The fourth-order valence-electron chi connectivity index (χ4n) is 3.23. The molecule has 0 aromatic heterocycles. The largest absolute Gasteiger partial charge is 0.362 e. The number of benzene rings is 1. The molecule has 0 spiro atoms. The molecule has 3 rings (SSSR count). The van der Waals surface area contributed by atoms with Gasteiger partial charge >= 0.3 is 0 Å². The number of hydrogen-bond donors (Lipinski definition) is 1. The summed E-state index contributed by atoms with van der Waals surface area (Å²) < 4.78 is 0. The maximum atomic E-state index is 12.2. The van der Waals surface area contributed by atoms with Crippen molar-refractivity contribution in [2.75, 3.05) is 0 Å². The van der Waals surface area contributed by atoms with E-state index < -0.39 is 16.8 Å². The van der Waals surface area contributed by atoms with Crippen LogP contribution in [0.3, 0.4) is 0 Å². The van der Waals surface area contributed by atoms with E-state index in [0.717, 1.165) is 5.56 Å². The van der Waals surface area contributed by atoms with Crippen LogP contribution >= 0.6 is 0 Å². The molecular weight excluding hydrogens is 244 g/mol. The number of carbonyl (C=O) groups is 1. The molecule has 1 aromatic rings. The van der Waals surface area contributed by atoms with E-state index in [4.69, 9.17) is 9.78 Å². The SMILES string of the molecule is C[C@]1(c2ccccc2)C[C@]2(C)C(=O)CC[C@]2(O)OO1. The maximum absolute atomic E-state index is 12.2. The first-order chi connectivity index (χ1) is 8.90. The molecule has 1 aromatic carbocycles. The fourth-order valence-corrected chi connectivity index (χ4v) is 3.23. The minimum absolute atomic E-state index is 0.0421. The van der Waals surface area contributed by atoms with E-state index in [1.165, 1.54) is 0 Å². The number of rotatable bonds is 1. The molecule has 3 atom stereocenters. The first-order valence-corrected chi connectivity index (χ1v) is 6.58. The van der Waals surface area contributed by atoms with Crippen molar-refractivity contribution in [3.8, 4) is 0 Å². The van der Waals surface area contributed by atoms with Gasteiger partial charge in [0.2, 0.25) is 5.79 Å². The number of aliphatic hydroxyl groups is 1. The summed E-state index contributed by atoms with van der Waals surface area (Å²) in [7, 11) is 0. The van der Waals surface area contributed by atoms with E-state index in [1.807, 2.05) is 37.3 Å². The quantitative estimate of drug-likeness (QED) is 0.789. The molecule has 0 unspecified atom stereocenters. The molecule has 4 heteroatoms. The lowest BCUT2D eigenvalue weighted by atomic mass is 9.71. The third-order valence-corrected chi connectivity index (χ3v) is 4.61. The molecule has 19 heavy (non-hydrogen) atoms. The summed E-state index contributed by atoms with van der Waals surface area (Å²) in [5, 5.41) is 10.5. The van der Waals surface area contributed by atoms with Crippen LogP contribution in [0.4, 0.5) is 0 Å². The Morgan fingerprint density at radius 3 is 2.53 bits per heavy atom. The second-order valence-electron chi connectivity index (χ2n) is 5.98. The average molecular weight is 262 g/mol. The van der Waals surface area contributed by atoms with Gasteiger partial charge in [0.1, 0.15) is 11.4 Å². The highest BCUT2D eigenvalue weighted by Gasteiger charge is 2.64. The molecular formula is C15H18O4. The number of hydrogen-bond acceptors (Lipinski definition) is 4. The lowest BCUT2D eigenvalue weighted by Gasteiger charge is -2.48. The zero-order chi connectivity index (χ0) is 13.7. The summed E-state index contributed by atoms with van der Waals surface area (Å²) in [6.07, 6.45) is 1.05. The Balaban J connectivity index is 1.99. The number of ketones is 1. The van der Waals surface area contributed by atoms with E-state index >= 15 is 0 Å². The zero-order valence-corrected chi connectivity index (χ0v) is 11.2. The van der Waals surface area contributed by atoms with Crippen LogP contribution in [0.2, 0.25) is 0 Å². The Morgan fingerprint density at radius 1 is 1.16 bits per heavy atom. The van der Waals surface area contributed by atoms with E-state index in [1.54, 1.807) is 6.92 Å². The van der Waals surface area contributed by atoms with E-state index in [2.05, 4.69) is 0 Å². The van der Waals surface area contributed by atoms with Crippen LogP contribution in [0.25, 0.3) is 0 Å². The highest BCUT2D eigenvalue weighted by atomic mass is 17.2. The van der Waals surface area contributed by atoms with Gasteiger partial charge in [0.15, 0.2) is 0 Å². The maximum Gasteiger partial charge on any atom is 0.212 e. The first kappa shape index (κ1) is 12.8. The Labute approximate surface area is 112 Å². The fraction of sp³-hybridized carbons (Fsp3) is 0.533. The topological polar surface area (TPSA) is 55.8 Å². The highest BCUT2D eigenvalue weighted by molar-refractivity contribution is 5.88. The molecule has 0 bridgehead atoms. The monoisotopic (exact) mass is 262 g/mol. The van der Waals surface area contributed by atoms with Crippen molar-refractivity contribution in [2.24, 2.45) is 5.41 Å². The first-order valence-electron chi connectivity index (χ1n) is 6.58. The van der Waals surface area contributed by atoms with E-state index in [0.29, 0.717) is 19.3 Å². The van der Waals surface area contributed by atoms with Crippen LogP contribution in [-0.2, 0) is 20.2 Å². The van der Waals surface area contributed by atoms with Gasteiger partial charge in [-0.2, -0.15) is 4.89 Å². The van der Waals surface area contributed by atoms with Crippen molar-refractivity contribution in [1.82, 2.24) is 0 Å². The molecule has 2 fully saturated rings. The number of carbonyl (C=O) groups excluding carboxylic acids is 1. The molecule has 0 radical (unpaired) electrons. The van der Waals surface area contributed by atoms with Crippen LogP contribution in [0.15, 0.2) is 30.3 Å². The number of fused-ring (bicyclic) bond motifs is 1. The molecule has 1 N–H and O–H groups in total.